The van der Waals surface area contributed by atoms with Crippen molar-refractivity contribution in [3.8, 4) is 0 Å². The van der Waals surface area contributed by atoms with Crippen LogP contribution in [0.15, 0.2) is 42.5 Å². The Labute approximate surface area is 96.6 Å². The summed E-state index contributed by atoms with van der Waals surface area (Å²) in [5.41, 5.74) is 1.24. The Balaban J connectivity index is 1.83. The lowest BCUT2D eigenvalue weighted by Crippen LogP contribution is -2.25. The molecule has 1 heterocycles. The maximum absolute atomic E-state index is 11.7. The fourth-order valence-corrected chi connectivity index (χ4v) is 1.95. The number of amides is 1. The number of hydrogen-bond donors (Lipinski definition) is 0. The second kappa shape index (κ2) is 5.50. The van der Waals surface area contributed by atoms with Crippen molar-refractivity contribution in [1.82, 2.24) is 4.90 Å². The number of hydrogen-bond acceptors (Lipinski definition) is 1. The van der Waals surface area contributed by atoms with Crippen LogP contribution < -0.4 is 0 Å². The lowest BCUT2D eigenvalue weighted by molar-refractivity contribution is -0.125. The maximum atomic E-state index is 11.7. The highest BCUT2D eigenvalue weighted by molar-refractivity contribution is 5.87. The maximum Gasteiger partial charge on any atom is 0.246 e. The number of allylic oxidation sites excluding steroid dienone is 1. The van der Waals surface area contributed by atoms with Crippen molar-refractivity contribution in [2.24, 2.45) is 0 Å². The molecule has 0 unspecified atom stereocenters. The van der Waals surface area contributed by atoms with Crippen LogP contribution in [0.25, 0.3) is 0 Å². The smallest absolute Gasteiger partial charge is 0.246 e. The van der Waals surface area contributed by atoms with Gasteiger partial charge in [-0.25, -0.2) is 0 Å². The van der Waals surface area contributed by atoms with Crippen LogP contribution >= 0.6 is 0 Å². The Hall–Kier alpha value is -1.57. The fraction of sp³-hybridized carbons (Fsp3) is 0.357. The topological polar surface area (TPSA) is 20.3 Å². The molecule has 0 aromatic heterocycles. The van der Waals surface area contributed by atoms with Gasteiger partial charge in [0, 0.05) is 13.1 Å². The molecule has 0 saturated carbocycles. The average molecular weight is 215 g/mol. The van der Waals surface area contributed by atoms with Crippen LogP contribution in [-0.4, -0.2) is 23.9 Å². The number of carbonyl (C=O) groups is 1. The van der Waals surface area contributed by atoms with Gasteiger partial charge in [-0.1, -0.05) is 36.4 Å². The lowest BCUT2D eigenvalue weighted by atomic mass is 10.1. The molecule has 84 valence electrons. The molecule has 0 spiro atoms. The van der Waals surface area contributed by atoms with Crippen molar-refractivity contribution in [2.75, 3.05) is 13.1 Å². The van der Waals surface area contributed by atoms with E-state index in [9.17, 15) is 4.79 Å². The Kier molecular flexibility index (Phi) is 3.76. The summed E-state index contributed by atoms with van der Waals surface area (Å²) in [5.74, 6) is 0.161. The Bertz CT molecular complexity index is 364. The van der Waals surface area contributed by atoms with Gasteiger partial charge in [-0.2, -0.15) is 0 Å². The monoisotopic (exact) mass is 215 g/mol. The predicted octanol–water partition coefficient (Wildman–Crippen LogP) is 2.41. The minimum atomic E-state index is 0.161. The van der Waals surface area contributed by atoms with E-state index in [1.807, 2.05) is 29.2 Å². The van der Waals surface area contributed by atoms with E-state index in [4.69, 9.17) is 0 Å². The van der Waals surface area contributed by atoms with E-state index in [-0.39, 0.29) is 5.91 Å². The van der Waals surface area contributed by atoms with Crippen LogP contribution in [-0.2, 0) is 11.2 Å². The molecule has 0 aliphatic carbocycles. The number of likely N-dealkylation sites (tertiary alicyclic amines) is 1. The van der Waals surface area contributed by atoms with E-state index in [1.54, 1.807) is 6.08 Å². The van der Waals surface area contributed by atoms with Crippen molar-refractivity contribution in [3.63, 3.8) is 0 Å². The first-order valence-corrected chi connectivity index (χ1v) is 5.85. The summed E-state index contributed by atoms with van der Waals surface area (Å²) < 4.78 is 0. The molecular formula is C14H17NO. The van der Waals surface area contributed by atoms with Crippen LogP contribution in [0.3, 0.4) is 0 Å². The molecule has 1 aromatic carbocycles. The minimum Gasteiger partial charge on any atom is -0.339 e. The SMILES string of the molecule is O=C(/C=C/Cc1ccccc1)N1CCCC1. The molecule has 0 bridgehead atoms. The van der Waals surface area contributed by atoms with Gasteiger partial charge in [-0.15, -0.1) is 0 Å². The highest BCUT2D eigenvalue weighted by atomic mass is 16.2. The van der Waals surface area contributed by atoms with Gasteiger partial charge < -0.3 is 4.90 Å². The number of nitrogens with zero attached hydrogens (tertiary/aromatic N) is 1. The molecule has 0 atom stereocenters. The fourth-order valence-electron chi connectivity index (χ4n) is 1.95. The molecule has 16 heavy (non-hydrogen) atoms. The largest absolute Gasteiger partial charge is 0.339 e. The molecule has 2 rings (SSSR count). The van der Waals surface area contributed by atoms with Crippen LogP contribution in [0.4, 0.5) is 0 Å². The number of carbonyl (C=O) groups excluding carboxylic acids is 1. The highest BCUT2D eigenvalue weighted by Gasteiger charge is 2.14. The van der Waals surface area contributed by atoms with Crippen LogP contribution in [0, 0.1) is 0 Å². The lowest BCUT2D eigenvalue weighted by Gasteiger charge is -2.11. The summed E-state index contributed by atoms with van der Waals surface area (Å²) >= 11 is 0. The molecule has 1 saturated heterocycles. The minimum absolute atomic E-state index is 0.161. The molecule has 0 radical (unpaired) electrons. The first-order valence-electron chi connectivity index (χ1n) is 5.85. The van der Waals surface area contributed by atoms with Crippen molar-refractivity contribution in [3.05, 3.63) is 48.0 Å². The molecular weight excluding hydrogens is 198 g/mol. The Morgan fingerprint density at radius 3 is 2.56 bits per heavy atom. The first kappa shape index (κ1) is 10.9. The molecule has 1 aliphatic heterocycles. The van der Waals surface area contributed by atoms with E-state index in [1.165, 1.54) is 5.56 Å². The van der Waals surface area contributed by atoms with Gasteiger partial charge >= 0.3 is 0 Å². The zero-order chi connectivity index (χ0) is 11.2. The third kappa shape index (κ3) is 2.96. The molecule has 1 amide bonds. The predicted molar refractivity (Wildman–Crippen MR) is 65.1 cm³/mol. The van der Waals surface area contributed by atoms with Gasteiger partial charge in [-0.05, 0) is 30.9 Å². The van der Waals surface area contributed by atoms with Gasteiger partial charge in [0.1, 0.15) is 0 Å². The second-order valence-corrected chi connectivity index (χ2v) is 4.12. The van der Waals surface area contributed by atoms with Gasteiger partial charge in [0.05, 0.1) is 0 Å². The van der Waals surface area contributed by atoms with Crippen molar-refractivity contribution >= 4 is 5.91 Å². The molecule has 1 fully saturated rings. The van der Waals surface area contributed by atoms with E-state index in [2.05, 4.69) is 12.1 Å². The Morgan fingerprint density at radius 1 is 1.19 bits per heavy atom. The number of rotatable bonds is 3. The third-order valence-electron chi connectivity index (χ3n) is 2.87. The third-order valence-corrected chi connectivity index (χ3v) is 2.87. The first-order chi connectivity index (χ1) is 7.86. The summed E-state index contributed by atoms with van der Waals surface area (Å²) in [4.78, 5) is 13.6. The summed E-state index contributed by atoms with van der Waals surface area (Å²) in [5, 5.41) is 0. The van der Waals surface area contributed by atoms with Crippen molar-refractivity contribution in [1.29, 1.82) is 0 Å². The molecule has 1 aromatic rings. The van der Waals surface area contributed by atoms with Crippen molar-refractivity contribution in [2.45, 2.75) is 19.3 Å². The quantitative estimate of drug-likeness (QED) is 0.709. The van der Waals surface area contributed by atoms with E-state index >= 15 is 0 Å². The van der Waals surface area contributed by atoms with Crippen LogP contribution in [0.1, 0.15) is 18.4 Å². The summed E-state index contributed by atoms with van der Waals surface area (Å²) in [6, 6.07) is 10.2. The van der Waals surface area contributed by atoms with E-state index < -0.39 is 0 Å². The molecule has 0 N–H and O–H groups in total. The van der Waals surface area contributed by atoms with Gasteiger partial charge in [0.2, 0.25) is 5.91 Å². The molecule has 2 heteroatoms. The second-order valence-electron chi connectivity index (χ2n) is 4.12. The molecule has 2 nitrogen and oxygen atoms in total. The Morgan fingerprint density at radius 2 is 1.88 bits per heavy atom. The summed E-state index contributed by atoms with van der Waals surface area (Å²) in [6.07, 6.45) is 6.80. The zero-order valence-corrected chi connectivity index (χ0v) is 9.43. The van der Waals surface area contributed by atoms with E-state index in [0.717, 1.165) is 32.4 Å². The summed E-state index contributed by atoms with van der Waals surface area (Å²) in [7, 11) is 0. The zero-order valence-electron chi connectivity index (χ0n) is 9.43. The highest BCUT2D eigenvalue weighted by Crippen LogP contribution is 2.08. The van der Waals surface area contributed by atoms with Crippen LogP contribution in [0.5, 0.6) is 0 Å². The van der Waals surface area contributed by atoms with Gasteiger partial charge in [-0.3, -0.25) is 4.79 Å². The molecule has 1 aliphatic rings. The van der Waals surface area contributed by atoms with Crippen molar-refractivity contribution < 1.29 is 4.79 Å². The standard InChI is InChI=1S/C14H17NO/c16-14(15-11-4-5-12-15)10-6-9-13-7-2-1-3-8-13/h1-3,6-8,10H,4-5,9,11-12H2/b10-6+. The van der Waals surface area contributed by atoms with E-state index in [0.29, 0.717) is 0 Å². The van der Waals surface area contributed by atoms with Gasteiger partial charge in [0.15, 0.2) is 0 Å². The van der Waals surface area contributed by atoms with Gasteiger partial charge in [0.25, 0.3) is 0 Å². The van der Waals surface area contributed by atoms with Crippen LogP contribution in [0.2, 0.25) is 0 Å². The normalized spacial score (nSPS) is 15.9. The average Bonchev–Trinajstić information content (AvgIpc) is 2.84. The summed E-state index contributed by atoms with van der Waals surface area (Å²) in [6.45, 7) is 1.85. The number of benzene rings is 1.